The molecule has 0 heterocycles. The van der Waals surface area contributed by atoms with E-state index in [0.717, 1.165) is 12.1 Å². The maximum atomic E-state index is 12.4. The first-order valence-electron chi connectivity index (χ1n) is 4.61. The van der Waals surface area contributed by atoms with Gasteiger partial charge in [0.05, 0.1) is 11.3 Å². The van der Waals surface area contributed by atoms with E-state index in [9.17, 15) is 13.2 Å². The van der Waals surface area contributed by atoms with Gasteiger partial charge in [-0.15, -0.1) is 0 Å². The van der Waals surface area contributed by atoms with Crippen molar-refractivity contribution in [3.63, 3.8) is 0 Å². The Kier molecular flexibility index (Phi) is 3.93. The van der Waals surface area contributed by atoms with Crippen molar-refractivity contribution in [2.75, 3.05) is 0 Å². The van der Waals surface area contributed by atoms with E-state index >= 15 is 0 Å². The van der Waals surface area contributed by atoms with Gasteiger partial charge in [0, 0.05) is 0 Å². The minimum atomic E-state index is -4.34. The van der Waals surface area contributed by atoms with Crippen molar-refractivity contribution in [2.45, 2.75) is 20.0 Å². The Hall–Kier alpha value is -1.52. The average molecular weight is 230 g/mol. The number of hydrogen-bond acceptors (Lipinski definition) is 2. The van der Waals surface area contributed by atoms with Crippen molar-refractivity contribution in [2.24, 2.45) is 5.16 Å². The highest BCUT2D eigenvalue weighted by molar-refractivity contribution is 5.98. The van der Waals surface area contributed by atoms with Gasteiger partial charge in [-0.05, 0) is 31.5 Å². The Balaban J connectivity index is 2.99. The van der Waals surface area contributed by atoms with Crippen LogP contribution in [0.3, 0.4) is 0 Å². The lowest BCUT2D eigenvalue weighted by atomic mass is 10.1. The first-order valence-corrected chi connectivity index (χ1v) is 4.61. The van der Waals surface area contributed by atoms with Gasteiger partial charge in [0.25, 0.3) is 0 Å². The van der Waals surface area contributed by atoms with Crippen LogP contribution in [0.4, 0.5) is 13.2 Å². The third-order valence-electron chi connectivity index (χ3n) is 1.90. The van der Waals surface area contributed by atoms with Crippen molar-refractivity contribution < 1.29 is 18.0 Å². The highest BCUT2D eigenvalue weighted by Crippen LogP contribution is 2.29. The third kappa shape index (κ3) is 3.25. The smallest absolute Gasteiger partial charge is 0.388 e. The monoisotopic (exact) mass is 230 g/mol. The highest BCUT2D eigenvalue weighted by atomic mass is 19.4. The molecule has 0 aromatic heterocycles. The summed E-state index contributed by atoms with van der Waals surface area (Å²) in [6.07, 6.45) is -4.34. The summed E-state index contributed by atoms with van der Waals surface area (Å²) in [6, 6.07) is 4.95. The minimum Gasteiger partial charge on any atom is -0.388 e. The quantitative estimate of drug-likeness (QED) is 0.574. The van der Waals surface area contributed by atoms with E-state index in [1.165, 1.54) is 12.7 Å². The van der Waals surface area contributed by atoms with Gasteiger partial charge in [-0.1, -0.05) is 17.3 Å². The number of rotatable bonds is 3. The maximum absolute atomic E-state index is 12.4. The summed E-state index contributed by atoms with van der Waals surface area (Å²) in [7, 11) is 0. The molecule has 2 nitrogen and oxygen atoms in total. The second-order valence-corrected chi connectivity index (χ2v) is 3.10. The summed E-state index contributed by atoms with van der Waals surface area (Å²) in [4.78, 5) is 4.66. The van der Waals surface area contributed by atoms with Crippen LogP contribution in [0.2, 0.25) is 0 Å². The second kappa shape index (κ2) is 5.01. The molecule has 5 heteroatoms. The largest absolute Gasteiger partial charge is 0.416 e. The molecule has 1 rings (SSSR count). The third-order valence-corrected chi connectivity index (χ3v) is 1.90. The van der Waals surface area contributed by atoms with Crippen LogP contribution in [-0.4, -0.2) is 5.71 Å². The molecule has 0 N–H and O–H groups in total. The molecule has 0 aliphatic rings. The molecule has 0 saturated carbocycles. The lowest BCUT2D eigenvalue weighted by Crippen LogP contribution is -2.06. The number of halogens is 3. The molecule has 0 amide bonds. The van der Waals surface area contributed by atoms with Gasteiger partial charge in [0.2, 0.25) is 0 Å². The first-order chi connectivity index (χ1) is 7.45. The molecule has 0 atom stereocenters. The van der Waals surface area contributed by atoms with Gasteiger partial charge in [-0.3, -0.25) is 0 Å². The lowest BCUT2D eigenvalue weighted by Gasteiger charge is -2.08. The van der Waals surface area contributed by atoms with Crippen LogP contribution >= 0.6 is 0 Å². The van der Waals surface area contributed by atoms with E-state index in [4.69, 9.17) is 0 Å². The van der Waals surface area contributed by atoms with Crippen LogP contribution in [0.1, 0.15) is 25.0 Å². The number of benzene rings is 1. The number of nitrogens with zero attached hydrogens (tertiary/aromatic N) is 1. The Morgan fingerprint density at radius 3 is 2.62 bits per heavy atom. The van der Waals surface area contributed by atoms with Crippen molar-refractivity contribution in [3.05, 3.63) is 42.0 Å². The average Bonchev–Trinajstić information content (AvgIpc) is 2.25. The SMILES string of the molecule is C[CH]O/N=C(\C)c1cccc(C(F)(F)F)c1. The topological polar surface area (TPSA) is 21.6 Å². The zero-order chi connectivity index (χ0) is 12.2. The molecule has 1 aromatic rings. The molecular formula is C11H11F3NO. The summed E-state index contributed by atoms with van der Waals surface area (Å²) >= 11 is 0. The van der Waals surface area contributed by atoms with E-state index in [0.29, 0.717) is 11.3 Å². The standard InChI is InChI=1S/C11H11F3NO/c1-3-16-15-8(2)9-5-4-6-10(7-9)11(12,13)14/h3-7H,1-2H3/b15-8+. The second-order valence-electron chi connectivity index (χ2n) is 3.10. The van der Waals surface area contributed by atoms with Crippen LogP contribution < -0.4 is 0 Å². The molecule has 0 aliphatic heterocycles. The van der Waals surface area contributed by atoms with E-state index < -0.39 is 11.7 Å². The van der Waals surface area contributed by atoms with E-state index in [2.05, 4.69) is 9.99 Å². The fourth-order valence-corrected chi connectivity index (χ4v) is 1.11. The molecule has 0 unspecified atom stereocenters. The summed E-state index contributed by atoms with van der Waals surface area (Å²) in [6.45, 7) is 4.55. The van der Waals surface area contributed by atoms with Gasteiger partial charge >= 0.3 is 6.18 Å². The molecule has 0 bridgehead atoms. The Labute approximate surface area is 91.7 Å². The predicted octanol–water partition coefficient (Wildman–Crippen LogP) is 3.63. The number of hydrogen-bond donors (Lipinski definition) is 0. The molecule has 0 saturated heterocycles. The van der Waals surface area contributed by atoms with Gasteiger partial charge in [0.15, 0.2) is 6.61 Å². The van der Waals surface area contributed by atoms with Crippen molar-refractivity contribution in [3.8, 4) is 0 Å². The summed E-state index contributed by atoms with van der Waals surface area (Å²) in [5.74, 6) is 0. The van der Waals surface area contributed by atoms with Crippen molar-refractivity contribution in [1.82, 2.24) is 0 Å². The summed E-state index contributed by atoms with van der Waals surface area (Å²) < 4.78 is 37.2. The first kappa shape index (κ1) is 12.5. The minimum absolute atomic E-state index is 0.386. The normalized spacial score (nSPS) is 12.7. The highest BCUT2D eigenvalue weighted by Gasteiger charge is 2.30. The lowest BCUT2D eigenvalue weighted by molar-refractivity contribution is -0.137. The Morgan fingerprint density at radius 2 is 2.06 bits per heavy atom. The van der Waals surface area contributed by atoms with Crippen LogP contribution in [0, 0.1) is 6.61 Å². The Bertz CT molecular complexity index is 385. The fraction of sp³-hybridized carbons (Fsp3) is 0.273. The molecular weight excluding hydrogens is 219 g/mol. The fourth-order valence-electron chi connectivity index (χ4n) is 1.11. The van der Waals surface area contributed by atoms with Gasteiger partial charge in [-0.25, -0.2) is 0 Å². The molecule has 87 valence electrons. The summed E-state index contributed by atoms with van der Waals surface area (Å²) in [5, 5.41) is 3.63. The molecule has 0 fully saturated rings. The maximum Gasteiger partial charge on any atom is 0.416 e. The Morgan fingerprint density at radius 1 is 1.38 bits per heavy atom. The number of alkyl halides is 3. The van der Waals surface area contributed by atoms with Crippen LogP contribution in [-0.2, 0) is 11.0 Å². The van der Waals surface area contributed by atoms with Crippen molar-refractivity contribution >= 4 is 5.71 Å². The van der Waals surface area contributed by atoms with Crippen LogP contribution in [0.5, 0.6) is 0 Å². The van der Waals surface area contributed by atoms with E-state index in [1.807, 2.05) is 0 Å². The van der Waals surface area contributed by atoms with Crippen LogP contribution in [0.15, 0.2) is 29.4 Å². The number of oxime groups is 1. The molecule has 1 radical (unpaired) electrons. The van der Waals surface area contributed by atoms with E-state index in [1.54, 1.807) is 19.9 Å². The molecule has 16 heavy (non-hydrogen) atoms. The van der Waals surface area contributed by atoms with E-state index in [-0.39, 0.29) is 0 Å². The predicted molar refractivity (Wildman–Crippen MR) is 54.7 cm³/mol. The molecule has 1 aromatic carbocycles. The van der Waals surface area contributed by atoms with Crippen molar-refractivity contribution in [1.29, 1.82) is 0 Å². The van der Waals surface area contributed by atoms with Gasteiger partial charge in [-0.2, -0.15) is 13.2 Å². The molecule has 0 spiro atoms. The summed E-state index contributed by atoms with van der Waals surface area (Å²) in [5.41, 5.74) is 0.0842. The zero-order valence-electron chi connectivity index (χ0n) is 8.88. The van der Waals surface area contributed by atoms with Gasteiger partial charge in [0.1, 0.15) is 0 Å². The molecule has 0 aliphatic carbocycles. The van der Waals surface area contributed by atoms with Gasteiger partial charge < -0.3 is 4.84 Å². The van der Waals surface area contributed by atoms with Crippen LogP contribution in [0.25, 0.3) is 0 Å². The zero-order valence-corrected chi connectivity index (χ0v) is 8.88.